The summed E-state index contributed by atoms with van der Waals surface area (Å²) in [5.41, 5.74) is 2.92. The molecule has 3 heterocycles. The van der Waals surface area contributed by atoms with E-state index in [9.17, 15) is 0 Å². The maximum atomic E-state index is 6.51. The number of pyridine rings is 1. The van der Waals surface area contributed by atoms with Gasteiger partial charge in [0.15, 0.2) is 5.11 Å². The van der Waals surface area contributed by atoms with E-state index in [1.54, 1.807) is 6.07 Å². The van der Waals surface area contributed by atoms with Crippen molar-refractivity contribution in [2.75, 3.05) is 0 Å². The molecule has 2 aromatic heterocycles. The molecule has 0 spiro atoms. The number of nitrogens with one attached hydrogen (secondary N) is 1. The third-order valence-corrected chi connectivity index (χ3v) is 5.81. The third kappa shape index (κ3) is 3.39. The van der Waals surface area contributed by atoms with Crippen LogP contribution in [0.3, 0.4) is 0 Å². The number of rotatable bonds is 4. The Morgan fingerprint density at radius 1 is 1.11 bits per heavy atom. The molecule has 0 bridgehead atoms. The Morgan fingerprint density at radius 3 is 2.61 bits per heavy atom. The molecule has 0 radical (unpaired) electrons. The minimum absolute atomic E-state index is 0.0239. The Labute approximate surface area is 180 Å². The van der Waals surface area contributed by atoms with Gasteiger partial charge in [0.25, 0.3) is 0 Å². The normalized spacial score (nSPS) is 19.3. The molecule has 4 nitrogen and oxygen atoms in total. The predicted octanol–water partition coefficient (Wildman–Crippen LogP) is 5.56. The highest BCUT2D eigenvalue weighted by atomic mass is 35.5. The van der Waals surface area contributed by atoms with Crippen molar-refractivity contribution in [2.45, 2.75) is 32.0 Å². The fourth-order valence-electron chi connectivity index (χ4n) is 3.77. The lowest BCUT2D eigenvalue weighted by Crippen LogP contribution is -2.36. The lowest BCUT2D eigenvalue weighted by molar-refractivity contribution is 0.262. The monoisotopic (exact) mass is 430 g/mol. The van der Waals surface area contributed by atoms with E-state index in [0.29, 0.717) is 10.0 Å². The number of thiocarbonyl (C=S) groups is 1. The molecule has 2 atom stereocenters. The van der Waals surface area contributed by atoms with Crippen LogP contribution in [-0.4, -0.2) is 25.6 Å². The van der Waals surface area contributed by atoms with Gasteiger partial charge in [0.1, 0.15) is 0 Å². The van der Waals surface area contributed by atoms with Crippen LogP contribution in [-0.2, 0) is 0 Å². The van der Waals surface area contributed by atoms with Gasteiger partial charge in [-0.25, -0.2) is 0 Å². The Morgan fingerprint density at radius 2 is 1.93 bits per heavy atom. The Bertz CT molecular complexity index is 1000. The molecule has 3 aromatic rings. The van der Waals surface area contributed by atoms with E-state index in [4.69, 9.17) is 35.4 Å². The molecule has 144 valence electrons. The highest BCUT2D eigenvalue weighted by Gasteiger charge is 2.42. The second-order valence-electron chi connectivity index (χ2n) is 7.03. The quantitative estimate of drug-likeness (QED) is 0.549. The minimum Gasteiger partial charge on any atom is -0.352 e. The van der Waals surface area contributed by atoms with E-state index in [-0.39, 0.29) is 18.1 Å². The lowest BCUT2D eigenvalue weighted by atomic mass is 10.0. The molecule has 1 N–H and O–H groups in total. The van der Waals surface area contributed by atoms with Crippen LogP contribution >= 0.6 is 35.4 Å². The van der Waals surface area contributed by atoms with Crippen LogP contribution in [0.2, 0.25) is 10.0 Å². The van der Waals surface area contributed by atoms with Gasteiger partial charge < -0.3 is 14.8 Å². The molecule has 1 aliphatic rings. The van der Waals surface area contributed by atoms with Gasteiger partial charge in [0, 0.05) is 29.2 Å². The number of hydrogen-bond acceptors (Lipinski definition) is 2. The molecular weight excluding hydrogens is 411 g/mol. The summed E-state index contributed by atoms with van der Waals surface area (Å²) in [5, 5.41) is 5.41. The first-order chi connectivity index (χ1) is 13.5. The van der Waals surface area contributed by atoms with E-state index < -0.39 is 0 Å². The van der Waals surface area contributed by atoms with Gasteiger partial charge in [-0.15, -0.1) is 0 Å². The number of aromatic nitrogens is 2. The Balaban J connectivity index is 1.85. The van der Waals surface area contributed by atoms with E-state index >= 15 is 0 Å². The molecule has 1 aromatic carbocycles. The molecule has 28 heavy (non-hydrogen) atoms. The van der Waals surface area contributed by atoms with Gasteiger partial charge in [0.05, 0.1) is 28.5 Å². The summed E-state index contributed by atoms with van der Waals surface area (Å²) in [6, 6.07) is 15.8. The van der Waals surface area contributed by atoms with Crippen molar-refractivity contribution in [3.05, 3.63) is 82.4 Å². The largest absolute Gasteiger partial charge is 0.352 e. The first kappa shape index (κ1) is 19.2. The lowest BCUT2D eigenvalue weighted by Gasteiger charge is -2.32. The third-order valence-electron chi connectivity index (χ3n) is 4.94. The molecule has 0 amide bonds. The van der Waals surface area contributed by atoms with Crippen LogP contribution in [0.1, 0.15) is 37.3 Å². The van der Waals surface area contributed by atoms with Crippen molar-refractivity contribution in [2.24, 2.45) is 0 Å². The number of benzene rings is 1. The minimum atomic E-state index is -0.0594. The van der Waals surface area contributed by atoms with Crippen LogP contribution in [0.15, 0.2) is 60.9 Å². The molecule has 1 saturated heterocycles. The highest BCUT2D eigenvalue weighted by molar-refractivity contribution is 7.80. The molecule has 0 saturated carbocycles. The Hall–Kier alpha value is -2.08. The summed E-state index contributed by atoms with van der Waals surface area (Å²) in [5.74, 6) is 0. The van der Waals surface area contributed by atoms with Gasteiger partial charge in [-0.2, -0.15) is 0 Å². The van der Waals surface area contributed by atoms with Crippen molar-refractivity contribution >= 4 is 40.5 Å². The summed E-state index contributed by atoms with van der Waals surface area (Å²) in [7, 11) is 0. The standard InChI is InChI=1S/C21H20Cl2N4S/c1-13(2)27-20(19(25-21(27)28)16-6-3-4-10-24-16)18-7-5-11-26(18)17-9-8-14(22)12-15(17)23/h3-13,19-20H,1-2H3,(H,25,28)/t19-,20+/m1/s1. The van der Waals surface area contributed by atoms with Crippen LogP contribution in [0.25, 0.3) is 5.69 Å². The van der Waals surface area contributed by atoms with Crippen LogP contribution in [0.4, 0.5) is 0 Å². The summed E-state index contributed by atoms with van der Waals surface area (Å²) >= 11 is 18.3. The van der Waals surface area contributed by atoms with Gasteiger partial charge in [-0.05, 0) is 68.5 Å². The van der Waals surface area contributed by atoms with Crippen LogP contribution in [0.5, 0.6) is 0 Å². The van der Waals surface area contributed by atoms with Gasteiger partial charge in [-0.1, -0.05) is 29.3 Å². The highest BCUT2D eigenvalue weighted by Crippen LogP contribution is 2.41. The second kappa shape index (κ2) is 7.74. The summed E-state index contributed by atoms with van der Waals surface area (Å²) < 4.78 is 2.10. The molecule has 0 aliphatic carbocycles. The molecule has 1 aliphatic heterocycles. The fourth-order valence-corrected chi connectivity index (χ4v) is 4.72. The molecule has 1 fully saturated rings. The number of hydrogen-bond donors (Lipinski definition) is 1. The van der Waals surface area contributed by atoms with Gasteiger partial charge in [-0.3, -0.25) is 4.98 Å². The first-order valence-corrected chi connectivity index (χ1v) is 10.3. The predicted molar refractivity (Wildman–Crippen MR) is 118 cm³/mol. The topological polar surface area (TPSA) is 33.1 Å². The zero-order valence-electron chi connectivity index (χ0n) is 15.5. The average molecular weight is 431 g/mol. The van der Waals surface area contributed by atoms with Crippen LogP contribution in [0, 0.1) is 0 Å². The first-order valence-electron chi connectivity index (χ1n) is 9.10. The van der Waals surface area contributed by atoms with E-state index in [1.807, 2.05) is 48.8 Å². The van der Waals surface area contributed by atoms with Crippen molar-refractivity contribution in [3.63, 3.8) is 0 Å². The molecule has 4 rings (SSSR count). The maximum absolute atomic E-state index is 6.51. The zero-order chi connectivity index (χ0) is 19.8. The van der Waals surface area contributed by atoms with Gasteiger partial charge in [0.2, 0.25) is 0 Å². The number of nitrogens with zero attached hydrogens (tertiary/aromatic N) is 3. The molecule has 7 heteroatoms. The van der Waals surface area contributed by atoms with E-state index in [0.717, 1.165) is 22.2 Å². The summed E-state index contributed by atoms with van der Waals surface area (Å²) in [6.07, 6.45) is 3.82. The SMILES string of the molecule is CC(C)N1C(=S)N[C@H](c2ccccn2)[C@@H]1c1cccn1-c1ccc(Cl)cc1Cl. The van der Waals surface area contributed by atoms with Crippen molar-refractivity contribution in [1.82, 2.24) is 19.8 Å². The second-order valence-corrected chi connectivity index (χ2v) is 8.26. The smallest absolute Gasteiger partial charge is 0.170 e. The molecular formula is C21H20Cl2N4S. The Kier molecular flexibility index (Phi) is 5.32. The fraction of sp³-hybridized carbons (Fsp3) is 0.238. The average Bonchev–Trinajstić information content (AvgIpc) is 3.26. The van der Waals surface area contributed by atoms with Crippen molar-refractivity contribution in [1.29, 1.82) is 0 Å². The maximum Gasteiger partial charge on any atom is 0.170 e. The van der Waals surface area contributed by atoms with Gasteiger partial charge >= 0.3 is 0 Å². The van der Waals surface area contributed by atoms with E-state index in [2.05, 4.69) is 39.7 Å². The zero-order valence-corrected chi connectivity index (χ0v) is 17.8. The summed E-state index contributed by atoms with van der Waals surface area (Å²) in [4.78, 5) is 6.81. The molecule has 0 unspecified atom stereocenters. The van der Waals surface area contributed by atoms with Crippen LogP contribution < -0.4 is 5.32 Å². The van der Waals surface area contributed by atoms with Crippen molar-refractivity contribution < 1.29 is 0 Å². The number of halogens is 2. The summed E-state index contributed by atoms with van der Waals surface area (Å²) in [6.45, 7) is 4.29. The van der Waals surface area contributed by atoms with E-state index in [1.165, 1.54) is 0 Å². The van der Waals surface area contributed by atoms with Crippen molar-refractivity contribution in [3.8, 4) is 5.69 Å².